The van der Waals surface area contributed by atoms with Crippen molar-refractivity contribution in [2.75, 3.05) is 18.0 Å². The Labute approximate surface area is 103 Å². The van der Waals surface area contributed by atoms with Crippen LogP contribution in [0.4, 0.5) is 5.69 Å². The summed E-state index contributed by atoms with van der Waals surface area (Å²) in [5.41, 5.74) is 3.91. The lowest BCUT2D eigenvalue weighted by Crippen LogP contribution is -2.33. The smallest absolute Gasteiger partial charge is 0.0494 e. The fourth-order valence-corrected chi connectivity index (χ4v) is 2.59. The Bertz CT molecular complexity index is 354. The number of hydrogen-bond donors (Lipinski definition) is 0. The van der Waals surface area contributed by atoms with Gasteiger partial charge in [-0.1, -0.05) is 24.6 Å². The third kappa shape index (κ3) is 2.52. The van der Waals surface area contributed by atoms with Crippen LogP contribution in [-0.4, -0.2) is 13.1 Å². The molecule has 1 fully saturated rings. The second-order valence-corrected chi connectivity index (χ2v) is 5.20. The predicted octanol–water partition coefficient (Wildman–Crippen LogP) is 3.97. The van der Waals surface area contributed by atoms with Crippen molar-refractivity contribution in [2.24, 2.45) is 5.92 Å². The van der Waals surface area contributed by atoms with Crippen molar-refractivity contribution in [3.63, 3.8) is 0 Å². The highest BCUT2D eigenvalue weighted by Crippen LogP contribution is 2.27. The lowest BCUT2D eigenvalue weighted by molar-refractivity contribution is 0.438. The second-order valence-electron chi connectivity index (χ2n) is 4.94. The zero-order valence-electron chi connectivity index (χ0n) is 10.2. The lowest BCUT2D eigenvalue weighted by Gasteiger charge is -2.33. The molecule has 0 atom stereocenters. The summed E-state index contributed by atoms with van der Waals surface area (Å²) in [5, 5.41) is 0. The maximum Gasteiger partial charge on any atom is 0.0494 e. The van der Waals surface area contributed by atoms with Crippen molar-refractivity contribution in [1.29, 1.82) is 0 Å². The Morgan fingerprint density at radius 1 is 1.31 bits per heavy atom. The molecule has 88 valence electrons. The van der Waals surface area contributed by atoms with Gasteiger partial charge in [0.25, 0.3) is 0 Å². The third-order valence-corrected chi connectivity index (χ3v) is 3.79. The van der Waals surface area contributed by atoms with Crippen molar-refractivity contribution in [3.8, 4) is 0 Å². The van der Waals surface area contributed by atoms with E-state index in [9.17, 15) is 0 Å². The van der Waals surface area contributed by atoms with E-state index < -0.39 is 0 Å². The standard InChI is InChI=1S/C14H20ClN/c1-11-5-7-16(8-6-11)14-4-3-12(2)9-13(14)10-15/h3-4,9,11H,5-8,10H2,1-2H3. The molecule has 0 spiro atoms. The number of benzene rings is 1. The molecule has 0 unspecified atom stereocenters. The molecule has 1 aliphatic rings. The van der Waals surface area contributed by atoms with Crippen LogP contribution in [0.25, 0.3) is 0 Å². The Morgan fingerprint density at radius 2 is 2.00 bits per heavy atom. The van der Waals surface area contributed by atoms with Gasteiger partial charge in [-0.25, -0.2) is 0 Å². The predicted molar refractivity (Wildman–Crippen MR) is 71.3 cm³/mol. The number of aryl methyl sites for hydroxylation is 1. The molecule has 0 aromatic heterocycles. The van der Waals surface area contributed by atoms with Gasteiger partial charge in [0.1, 0.15) is 0 Å². The summed E-state index contributed by atoms with van der Waals surface area (Å²) in [6.45, 7) is 6.81. The van der Waals surface area contributed by atoms with Crippen LogP contribution >= 0.6 is 11.6 Å². The maximum atomic E-state index is 6.03. The molecule has 1 aromatic carbocycles. The van der Waals surface area contributed by atoms with E-state index in [-0.39, 0.29) is 0 Å². The third-order valence-electron chi connectivity index (χ3n) is 3.50. The van der Waals surface area contributed by atoms with E-state index in [1.165, 1.54) is 42.7 Å². The van der Waals surface area contributed by atoms with Crippen LogP contribution < -0.4 is 4.90 Å². The quantitative estimate of drug-likeness (QED) is 0.704. The summed E-state index contributed by atoms with van der Waals surface area (Å²) in [5.74, 6) is 1.49. The zero-order valence-corrected chi connectivity index (χ0v) is 10.9. The first kappa shape index (κ1) is 11.8. The monoisotopic (exact) mass is 237 g/mol. The molecular formula is C14H20ClN. The van der Waals surface area contributed by atoms with Crippen LogP contribution in [0.5, 0.6) is 0 Å². The fraction of sp³-hybridized carbons (Fsp3) is 0.571. The first-order valence-electron chi connectivity index (χ1n) is 6.11. The molecule has 16 heavy (non-hydrogen) atoms. The van der Waals surface area contributed by atoms with Crippen LogP contribution in [-0.2, 0) is 5.88 Å². The Kier molecular flexibility index (Phi) is 3.75. The highest BCUT2D eigenvalue weighted by molar-refractivity contribution is 6.17. The molecule has 1 aromatic rings. The largest absolute Gasteiger partial charge is 0.371 e. The van der Waals surface area contributed by atoms with Gasteiger partial charge in [0.2, 0.25) is 0 Å². The summed E-state index contributed by atoms with van der Waals surface area (Å²) < 4.78 is 0. The average Bonchev–Trinajstić information content (AvgIpc) is 2.30. The Balaban J connectivity index is 2.19. The van der Waals surface area contributed by atoms with Crippen molar-refractivity contribution < 1.29 is 0 Å². The molecule has 0 N–H and O–H groups in total. The first-order valence-corrected chi connectivity index (χ1v) is 6.64. The normalized spacial score (nSPS) is 17.8. The fourth-order valence-electron chi connectivity index (χ4n) is 2.38. The summed E-state index contributed by atoms with van der Waals surface area (Å²) in [7, 11) is 0. The van der Waals surface area contributed by atoms with Crippen LogP contribution in [0, 0.1) is 12.8 Å². The van der Waals surface area contributed by atoms with Gasteiger partial charge >= 0.3 is 0 Å². The number of halogens is 1. The van der Waals surface area contributed by atoms with Crippen LogP contribution in [0.1, 0.15) is 30.9 Å². The zero-order chi connectivity index (χ0) is 11.5. The van der Waals surface area contributed by atoms with Gasteiger partial charge in [-0.05, 0) is 37.3 Å². The van der Waals surface area contributed by atoms with Gasteiger partial charge in [0, 0.05) is 24.7 Å². The molecule has 1 aliphatic heterocycles. The molecule has 2 heteroatoms. The van der Waals surface area contributed by atoms with E-state index in [1.54, 1.807) is 0 Å². The molecule has 0 aliphatic carbocycles. The van der Waals surface area contributed by atoms with E-state index in [1.807, 2.05) is 0 Å². The van der Waals surface area contributed by atoms with Gasteiger partial charge in [-0.15, -0.1) is 11.6 Å². The van der Waals surface area contributed by atoms with Crippen LogP contribution in [0.2, 0.25) is 0 Å². The van der Waals surface area contributed by atoms with Crippen molar-refractivity contribution in [2.45, 2.75) is 32.6 Å². The Hall–Kier alpha value is -0.690. The number of rotatable bonds is 2. The molecule has 0 saturated carbocycles. The summed E-state index contributed by atoms with van der Waals surface area (Å²) in [4.78, 5) is 2.48. The van der Waals surface area contributed by atoms with Gasteiger partial charge in [-0.3, -0.25) is 0 Å². The molecule has 1 saturated heterocycles. The van der Waals surface area contributed by atoms with E-state index >= 15 is 0 Å². The number of piperidine rings is 1. The number of alkyl halides is 1. The molecule has 1 heterocycles. The maximum absolute atomic E-state index is 6.03. The van der Waals surface area contributed by atoms with Crippen molar-refractivity contribution in [1.82, 2.24) is 0 Å². The minimum absolute atomic E-state index is 0.614. The summed E-state index contributed by atoms with van der Waals surface area (Å²) in [6.07, 6.45) is 2.60. The molecular weight excluding hydrogens is 218 g/mol. The number of hydrogen-bond acceptors (Lipinski definition) is 1. The minimum Gasteiger partial charge on any atom is -0.371 e. The highest BCUT2D eigenvalue weighted by Gasteiger charge is 2.17. The minimum atomic E-state index is 0.614. The van der Waals surface area contributed by atoms with Gasteiger partial charge < -0.3 is 4.90 Å². The van der Waals surface area contributed by atoms with Crippen molar-refractivity contribution in [3.05, 3.63) is 29.3 Å². The Morgan fingerprint density at radius 3 is 2.62 bits per heavy atom. The van der Waals surface area contributed by atoms with Gasteiger partial charge in [0.15, 0.2) is 0 Å². The topological polar surface area (TPSA) is 3.24 Å². The molecule has 0 radical (unpaired) electrons. The van der Waals surface area contributed by atoms with Gasteiger partial charge in [-0.2, -0.15) is 0 Å². The summed E-state index contributed by atoms with van der Waals surface area (Å²) >= 11 is 6.03. The summed E-state index contributed by atoms with van der Waals surface area (Å²) in [6, 6.07) is 6.62. The lowest BCUT2D eigenvalue weighted by atomic mass is 9.98. The molecule has 0 amide bonds. The molecule has 1 nitrogen and oxygen atoms in total. The van der Waals surface area contributed by atoms with Crippen molar-refractivity contribution >= 4 is 17.3 Å². The highest BCUT2D eigenvalue weighted by atomic mass is 35.5. The SMILES string of the molecule is Cc1ccc(N2CCC(C)CC2)c(CCl)c1. The second kappa shape index (κ2) is 5.09. The molecule has 2 rings (SSSR count). The van der Waals surface area contributed by atoms with E-state index in [4.69, 9.17) is 11.6 Å². The van der Waals surface area contributed by atoms with E-state index in [0.29, 0.717) is 5.88 Å². The first-order chi connectivity index (χ1) is 7.70. The van der Waals surface area contributed by atoms with Gasteiger partial charge in [0.05, 0.1) is 0 Å². The number of nitrogens with zero attached hydrogens (tertiary/aromatic N) is 1. The van der Waals surface area contributed by atoms with Crippen LogP contribution in [0.15, 0.2) is 18.2 Å². The van der Waals surface area contributed by atoms with E-state index in [0.717, 1.165) is 5.92 Å². The average molecular weight is 238 g/mol. The van der Waals surface area contributed by atoms with E-state index in [2.05, 4.69) is 36.9 Å². The van der Waals surface area contributed by atoms with Crippen LogP contribution in [0.3, 0.4) is 0 Å². The number of anilines is 1. The molecule has 0 bridgehead atoms.